The van der Waals surface area contributed by atoms with Crippen LogP contribution in [-0.4, -0.2) is 6.36 Å². The second-order valence-electron chi connectivity index (χ2n) is 0.985. The Morgan fingerprint density at radius 3 is 2.50 bits per heavy atom. The van der Waals surface area contributed by atoms with Crippen molar-refractivity contribution in [2.45, 2.75) is 19.7 Å². The molecule has 2 heteroatoms. The van der Waals surface area contributed by atoms with Crippen molar-refractivity contribution in [3.8, 4) is 0 Å². The van der Waals surface area contributed by atoms with Crippen molar-refractivity contribution in [2.75, 3.05) is 0 Å². The van der Waals surface area contributed by atoms with E-state index in [1.165, 1.54) is 0 Å². The quantitative estimate of drug-likeness (QED) is 0.500. The molecule has 1 nitrogen and oxygen atoms in total. The van der Waals surface area contributed by atoms with E-state index >= 15 is 0 Å². The minimum Gasteiger partial charge on any atom is -0.346 e. The molecule has 0 heterocycles. The SMILES string of the molecule is [CH2]OC(F)CC. The Kier molecular flexibility index (Phi) is 3.04. The van der Waals surface area contributed by atoms with Crippen molar-refractivity contribution in [1.29, 1.82) is 0 Å². The molecule has 0 aliphatic rings. The molecule has 0 aliphatic carbocycles. The zero-order valence-corrected chi connectivity index (χ0v) is 3.78. The molecule has 0 fully saturated rings. The molecular formula is C4H8FO. The van der Waals surface area contributed by atoms with E-state index in [0.29, 0.717) is 6.42 Å². The van der Waals surface area contributed by atoms with Crippen LogP contribution in [0.4, 0.5) is 4.39 Å². The van der Waals surface area contributed by atoms with E-state index in [2.05, 4.69) is 11.8 Å². The highest BCUT2D eigenvalue weighted by Crippen LogP contribution is 1.94. The van der Waals surface area contributed by atoms with Crippen LogP contribution in [0.15, 0.2) is 0 Å². The summed E-state index contributed by atoms with van der Waals surface area (Å²) < 4.78 is 15.6. The van der Waals surface area contributed by atoms with Crippen molar-refractivity contribution in [3.63, 3.8) is 0 Å². The lowest BCUT2D eigenvalue weighted by molar-refractivity contribution is 0.0175. The Hall–Kier alpha value is -0.110. The normalized spacial score (nSPS) is 14.5. The number of ether oxygens (including phenoxy) is 1. The Morgan fingerprint density at radius 1 is 2.00 bits per heavy atom. The lowest BCUT2D eigenvalue weighted by atomic mass is 10.5. The van der Waals surface area contributed by atoms with Crippen molar-refractivity contribution in [1.82, 2.24) is 0 Å². The van der Waals surface area contributed by atoms with Crippen LogP contribution >= 0.6 is 0 Å². The van der Waals surface area contributed by atoms with Crippen LogP contribution < -0.4 is 0 Å². The van der Waals surface area contributed by atoms with Crippen LogP contribution in [0, 0.1) is 7.11 Å². The minimum absolute atomic E-state index is 0.378. The molecular weight excluding hydrogens is 83.0 g/mol. The van der Waals surface area contributed by atoms with E-state index in [1.54, 1.807) is 6.92 Å². The number of rotatable bonds is 2. The Morgan fingerprint density at radius 2 is 2.50 bits per heavy atom. The molecule has 1 radical (unpaired) electrons. The minimum atomic E-state index is -1.18. The van der Waals surface area contributed by atoms with Gasteiger partial charge >= 0.3 is 0 Å². The highest BCUT2D eigenvalue weighted by molar-refractivity contribution is 4.30. The largest absolute Gasteiger partial charge is 0.346 e. The fraction of sp³-hybridized carbons (Fsp3) is 0.750. The van der Waals surface area contributed by atoms with Gasteiger partial charge in [0.05, 0.1) is 7.11 Å². The van der Waals surface area contributed by atoms with Crippen LogP contribution in [0.1, 0.15) is 13.3 Å². The van der Waals surface area contributed by atoms with E-state index in [-0.39, 0.29) is 0 Å². The molecule has 0 aliphatic heterocycles. The summed E-state index contributed by atoms with van der Waals surface area (Å²) in [6, 6.07) is 0. The maximum absolute atomic E-state index is 11.6. The number of alkyl halides is 1. The van der Waals surface area contributed by atoms with Gasteiger partial charge in [0.25, 0.3) is 0 Å². The third kappa shape index (κ3) is 2.15. The van der Waals surface area contributed by atoms with Crippen LogP contribution in [0.5, 0.6) is 0 Å². The van der Waals surface area contributed by atoms with Gasteiger partial charge in [-0.05, 0) is 0 Å². The predicted octanol–water partition coefficient (Wildman–Crippen LogP) is 1.50. The molecule has 0 N–H and O–H groups in total. The second-order valence-corrected chi connectivity index (χ2v) is 0.985. The number of hydrogen-bond acceptors (Lipinski definition) is 1. The Labute approximate surface area is 37.1 Å². The third-order valence-electron chi connectivity index (χ3n) is 0.502. The first-order chi connectivity index (χ1) is 2.81. The topological polar surface area (TPSA) is 9.23 Å². The first-order valence-corrected chi connectivity index (χ1v) is 1.86. The summed E-state index contributed by atoms with van der Waals surface area (Å²) in [5, 5.41) is 0. The van der Waals surface area contributed by atoms with Gasteiger partial charge in [0.1, 0.15) is 0 Å². The van der Waals surface area contributed by atoms with E-state index in [1.807, 2.05) is 0 Å². The van der Waals surface area contributed by atoms with Crippen molar-refractivity contribution >= 4 is 0 Å². The molecule has 0 spiro atoms. The second kappa shape index (κ2) is 3.09. The summed E-state index contributed by atoms with van der Waals surface area (Å²) >= 11 is 0. The van der Waals surface area contributed by atoms with Gasteiger partial charge in [0.15, 0.2) is 6.36 Å². The zero-order valence-electron chi connectivity index (χ0n) is 3.78. The summed E-state index contributed by atoms with van der Waals surface area (Å²) in [4.78, 5) is 0. The summed E-state index contributed by atoms with van der Waals surface area (Å²) in [5.74, 6) is 0. The summed E-state index contributed by atoms with van der Waals surface area (Å²) in [7, 11) is 2.88. The van der Waals surface area contributed by atoms with E-state index in [9.17, 15) is 4.39 Å². The van der Waals surface area contributed by atoms with Gasteiger partial charge in [0, 0.05) is 6.42 Å². The van der Waals surface area contributed by atoms with E-state index in [4.69, 9.17) is 0 Å². The van der Waals surface area contributed by atoms with Gasteiger partial charge in [0.2, 0.25) is 0 Å². The molecule has 1 unspecified atom stereocenters. The fourth-order valence-corrected chi connectivity index (χ4v) is 0.118. The average Bonchev–Trinajstić information content (AvgIpc) is 1.65. The monoisotopic (exact) mass is 91.1 g/mol. The van der Waals surface area contributed by atoms with Crippen LogP contribution in [0.25, 0.3) is 0 Å². The zero-order chi connectivity index (χ0) is 4.99. The molecule has 0 amide bonds. The highest BCUT2D eigenvalue weighted by atomic mass is 19.1. The van der Waals surface area contributed by atoms with Gasteiger partial charge < -0.3 is 4.74 Å². The molecule has 0 saturated heterocycles. The Bertz CT molecular complexity index is 26.7. The van der Waals surface area contributed by atoms with E-state index < -0.39 is 6.36 Å². The van der Waals surface area contributed by atoms with Crippen LogP contribution in [-0.2, 0) is 4.74 Å². The van der Waals surface area contributed by atoms with Crippen LogP contribution in [0.3, 0.4) is 0 Å². The summed E-state index contributed by atoms with van der Waals surface area (Å²) in [6.07, 6.45) is -0.797. The molecule has 0 rings (SSSR count). The maximum atomic E-state index is 11.6. The van der Waals surface area contributed by atoms with Gasteiger partial charge in [-0.15, -0.1) is 0 Å². The maximum Gasteiger partial charge on any atom is 0.198 e. The highest BCUT2D eigenvalue weighted by Gasteiger charge is 1.94. The van der Waals surface area contributed by atoms with Crippen LogP contribution in [0.2, 0.25) is 0 Å². The predicted molar refractivity (Wildman–Crippen MR) is 21.6 cm³/mol. The van der Waals surface area contributed by atoms with Gasteiger partial charge in [-0.2, -0.15) is 0 Å². The molecule has 1 atom stereocenters. The Balaban J connectivity index is 2.75. The molecule has 37 valence electrons. The smallest absolute Gasteiger partial charge is 0.198 e. The molecule has 6 heavy (non-hydrogen) atoms. The lowest BCUT2D eigenvalue weighted by Crippen LogP contribution is -1.96. The molecule has 0 aromatic carbocycles. The molecule has 0 aromatic heterocycles. The van der Waals surface area contributed by atoms with Gasteiger partial charge in [-0.25, -0.2) is 4.39 Å². The summed E-state index contributed by atoms with van der Waals surface area (Å²) in [6.45, 7) is 1.69. The number of hydrogen-bond donors (Lipinski definition) is 0. The fourth-order valence-electron chi connectivity index (χ4n) is 0.118. The summed E-state index contributed by atoms with van der Waals surface area (Å²) in [5.41, 5.74) is 0. The first kappa shape index (κ1) is 5.89. The molecule has 0 bridgehead atoms. The van der Waals surface area contributed by atoms with Crippen molar-refractivity contribution in [3.05, 3.63) is 7.11 Å². The first-order valence-electron chi connectivity index (χ1n) is 1.86. The van der Waals surface area contributed by atoms with Crippen molar-refractivity contribution in [2.24, 2.45) is 0 Å². The van der Waals surface area contributed by atoms with Crippen molar-refractivity contribution < 1.29 is 9.13 Å². The van der Waals surface area contributed by atoms with Gasteiger partial charge in [-0.3, -0.25) is 0 Å². The lowest BCUT2D eigenvalue weighted by Gasteiger charge is -1.96. The third-order valence-corrected chi connectivity index (χ3v) is 0.502. The molecule has 0 aromatic rings. The standard InChI is InChI=1S/C4H8FO/c1-3-4(5)6-2/h4H,2-3H2,1H3. The van der Waals surface area contributed by atoms with Gasteiger partial charge in [-0.1, -0.05) is 6.92 Å². The average molecular weight is 91.1 g/mol. The number of halogens is 1. The molecule has 0 saturated carbocycles. The van der Waals surface area contributed by atoms with E-state index in [0.717, 1.165) is 0 Å².